The molecular weight excluding hydrogens is 503 g/mol. The number of anilines is 2. The van der Waals surface area contributed by atoms with Crippen LogP contribution < -0.4 is 16.2 Å². The zero-order valence-corrected chi connectivity index (χ0v) is 19.8. The van der Waals surface area contributed by atoms with Gasteiger partial charge in [0.15, 0.2) is 11.3 Å². The summed E-state index contributed by atoms with van der Waals surface area (Å²) in [4.78, 5) is 30.0. The van der Waals surface area contributed by atoms with Gasteiger partial charge in [0.2, 0.25) is 5.91 Å². The Morgan fingerprint density at radius 1 is 1.16 bits per heavy atom. The van der Waals surface area contributed by atoms with Gasteiger partial charge in [0.25, 0.3) is 5.56 Å². The first-order valence-electron chi connectivity index (χ1n) is 11.7. The quantitative estimate of drug-likeness (QED) is 0.428. The summed E-state index contributed by atoms with van der Waals surface area (Å²) in [5.74, 6) is -0.236. The van der Waals surface area contributed by atoms with E-state index in [1.165, 1.54) is 23.1 Å². The summed E-state index contributed by atoms with van der Waals surface area (Å²) < 4.78 is 70.2. The van der Waals surface area contributed by atoms with Gasteiger partial charge in [-0.25, -0.2) is 4.98 Å². The van der Waals surface area contributed by atoms with Crippen LogP contribution in [0, 0.1) is 0 Å². The van der Waals surface area contributed by atoms with Crippen LogP contribution in [0.4, 0.5) is 33.5 Å². The SMILES string of the molecule is CCn1nc(Nc2ccc(C(F)(F)F)cc2)c2ncn(CC(=O)N[C@H]3CC[C@H](OC(F)F)CC3)c(=O)c21. The van der Waals surface area contributed by atoms with Crippen molar-refractivity contribution in [3.05, 3.63) is 46.5 Å². The molecule has 14 heteroatoms. The van der Waals surface area contributed by atoms with Gasteiger partial charge in [-0.1, -0.05) is 0 Å². The van der Waals surface area contributed by atoms with Gasteiger partial charge in [0, 0.05) is 18.3 Å². The number of nitrogens with one attached hydrogen (secondary N) is 2. The van der Waals surface area contributed by atoms with Crippen LogP contribution in [0.15, 0.2) is 35.4 Å². The molecule has 3 aromatic rings. The van der Waals surface area contributed by atoms with Crippen molar-refractivity contribution in [3.8, 4) is 0 Å². The topological polar surface area (TPSA) is 103 Å². The number of carbonyl (C=O) groups is 1. The van der Waals surface area contributed by atoms with Crippen molar-refractivity contribution in [2.45, 2.75) is 70.6 Å². The largest absolute Gasteiger partial charge is 0.416 e. The molecule has 2 N–H and O–H groups in total. The number of fused-ring (bicyclic) bond motifs is 1. The molecule has 0 saturated heterocycles. The molecule has 1 aromatic carbocycles. The lowest BCUT2D eigenvalue weighted by molar-refractivity contribution is -0.170. The lowest BCUT2D eigenvalue weighted by atomic mass is 9.93. The van der Waals surface area contributed by atoms with Gasteiger partial charge in [0.05, 0.1) is 18.0 Å². The number of alkyl halides is 5. The van der Waals surface area contributed by atoms with E-state index in [0.717, 1.165) is 16.7 Å². The number of carbonyl (C=O) groups excluding carboxylic acids is 1. The summed E-state index contributed by atoms with van der Waals surface area (Å²) in [6.45, 7) is -1.06. The van der Waals surface area contributed by atoms with Gasteiger partial charge >= 0.3 is 12.8 Å². The number of rotatable bonds is 8. The fraction of sp³-hybridized carbons (Fsp3) is 0.478. The Balaban J connectivity index is 1.46. The number of hydrogen-bond acceptors (Lipinski definition) is 6. The van der Waals surface area contributed by atoms with E-state index in [2.05, 4.69) is 25.5 Å². The highest BCUT2D eigenvalue weighted by molar-refractivity contribution is 5.88. The van der Waals surface area contributed by atoms with Gasteiger partial charge in [-0.15, -0.1) is 0 Å². The number of halogens is 5. The normalized spacial score (nSPS) is 18.4. The predicted octanol–water partition coefficient (Wildman–Crippen LogP) is 4.04. The molecule has 2 heterocycles. The van der Waals surface area contributed by atoms with Crippen molar-refractivity contribution < 1.29 is 31.5 Å². The minimum atomic E-state index is -4.46. The number of amides is 1. The molecule has 0 aliphatic heterocycles. The molecule has 9 nitrogen and oxygen atoms in total. The second kappa shape index (κ2) is 10.8. The van der Waals surface area contributed by atoms with Crippen LogP contribution in [0.5, 0.6) is 0 Å². The Bertz CT molecular complexity index is 1300. The van der Waals surface area contributed by atoms with Crippen molar-refractivity contribution in [1.29, 1.82) is 0 Å². The zero-order chi connectivity index (χ0) is 26.7. The third kappa shape index (κ3) is 6.24. The van der Waals surface area contributed by atoms with Crippen molar-refractivity contribution in [2.75, 3.05) is 5.32 Å². The van der Waals surface area contributed by atoms with Crippen molar-refractivity contribution in [3.63, 3.8) is 0 Å². The first kappa shape index (κ1) is 26.5. The molecule has 1 saturated carbocycles. The lowest BCUT2D eigenvalue weighted by Gasteiger charge is -2.28. The molecule has 1 amide bonds. The predicted molar refractivity (Wildman–Crippen MR) is 123 cm³/mol. The molecule has 2 aromatic heterocycles. The van der Waals surface area contributed by atoms with Crippen LogP contribution in [-0.2, 0) is 28.8 Å². The Morgan fingerprint density at radius 3 is 2.43 bits per heavy atom. The Kier molecular flexibility index (Phi) is 7.76. The van der Waals surface area contributed by atoms with Gasteiger partial charge in [-0.2, -0.15) is 27.1 Å². The smallest absolute Gasteiger partial charge is 0.352 e. The fourth-order valence-corrected chi connectivity index (χ4v) is 4.32. The van der Waals surface area contributed by atoms with Gasteiger partial charge in [-0.3, -0.25) is 18.8 Å². The first-order valence-corrected chi connectivity index (χ1v) is 11.7. The molecule has 1 aliphatic rings. The number of benzene rings is 1. The third-order valence-electron chi connectivity index (χ3n) is 6.14. The molecule has 0 atom stereocenters. The fourth-order valence-electron chi connectivity index (χ4n) is 4.32. The second-order valence-electron chi connectivity index (χ2n) is 8.68. The van der Waals surface area contributed by atoms with E-state index in [4.69, 9.17) is 0 Å². The van der Waals surface area contributed by atoms with Crippen LogP contribution >= 0.6 is 0 Å². The average molecular weight is 528 g/mol. The van der Waals surface area contributed by atoms with E-state index in [0.29, 0.717) is 37.9 Å². The molecular formula is C23H25F5N6O3. The molecule has 4 rings (SSSR count). The molecule has 1 fully saturated rings. The van der Waals surface area contributed by atoms with E-state index in [1.54, 1.807) is 6.92 Å². The van der Waals surface area contributed by atoms with E-state index < -0.39 is 35.9 Å². The molecule has 1 aliphatic carbocycles. The summed E-state index contributed by atoms with van der Waals surface area (Å²) in [7, 11) is 0. The summed E-state index contributed by atoms with van der Waals surface area (Å²) in [5.41, 5.74) is -0.632. The zero-order valence-electron chi connectivity index (χ0n) is 19.8. The van der Waals surface area contributed by atoms with Crippen LogP contribution in [-0.4, -0.2) is 44.0 Å². The molecule has 0 unspecified atom stereocenters. The average Bonchev–Trinajstić information content (AvgIpc) is 3.19. The number of aromatic nitrogens is 4. The highest BCUT2D eigenvalue weighted by Crippen LogP contribution is 2.31. The monoisotopic (exact) mass is 528 g/mol. The van der Waals surface area contributed by atoms with Crippen molar-refractivity contribution >= 4 is 28.4 Å². The van der Waals surface area contributed by atoms with Crippen molar-refractivity contribution in [1.82, 2.24) is 24.6 Å². The first-order chi connectivity index (χ1) is 17.5. The molecule has 200 valence electrons. The van der Waals surface area contributed by atoms with Gasteiger partial charge in [-0.05, 0) is 56.9 Å². The molecule has 37 heavy (non-hydrogen) atoms. The molecule has 0 spiro atoms. The van der Waals surface area contributed by atoms with Gasteiger partial charge < -0.3 is 15.4 Å². The maximum absolute atomic E-state index is 13.1. The summed E-state index contributed by atoms with van der Waals surface area (Å²) in [5, 5.41) is 10.0. The summed E-state index contributed by atoms with van der Waals surface area (Å²) >= 11 is 0. The van der Waals surface area contributed by atoms with Crippen LogP contribution in [0.2, 0.25) is 0 Å². The van der Waals surface area contributed by atoms with E-state index in [-0.39, 0.29) is 29.4 Å². The number of nitrogens with zero attached hydrogens (tertiary/aromatic N) is 4. The minimum Gasteiger partial charge on any atom is -0.352 e. The number of hydrogen-bond donors (Lipinski definition) is 2. The Labute approximate surface area is 207 Å². The van der Waals surface area contributed by atoms with E-state index >= 15 is 0 Å². The van der Waals surface area contributed by atoms with Crippen molar-refractivity contribution in [2.24, 2.45) is 0 Å². The van der Waals surface area contributed by atoms with Gasteiger partial charge in [0.1, 0.15) is 12.1 Å². The maximum Gasteiger partial charge on any atom is 0.416 e. The van der Waals surface area contributed by atoms with Crippen LogP contribution in [0.3, 0.4) is 0 Å². The van der Waals surface area contributed by atoms with E-state index in [9.17, 15) is 31.5 Å². The van der Waals surface area contributed by atoms with E-state index in [1.807, 2.05) is 0 Å². The summed E-state index contributed by atoms with van der Waals surface area (Å²) in [6.07, 6.45) is -2.04. The highest BCUT2D eigenvalue weighted by Gasteiger charge is 2.30. The maximum atomic E-state index is 13.1. The Hall–Kier alpha value is -3.55. The van der Waals surface area contributed by atoms with Crippen LogP contribution in [0.25, 0.3) is 11.0 Å². The highest BCUT2D eigenvalue weighted by atomic mass is 19.4. The molecule has 0 bridgehead atoms. The lowest BCUT2D eigenvalue weighted by Crippen LogP contribution is -2.42. The summed E-state index contributed by atoms with van der Waals surface area (Å²) in [6, 6.07) is 4.14. The Morgan fingerprint density at radius 2 is 1.84 bits per heavy atom. The van der Waals surface area contributed by atoms with Crippen LogP contribution in [0.1, 0.15) is 38.2 Å². The standard InChI is InChI=1S/C23H25F5N6O3/c1-2-34-19-18(20(32-34)31-15-5-3-13(4-6-15)23(26,27)28)29-12-33(21(19)36)11-17(35)30-14-7-9-16(10-8-14)37-22(24)25/h3-6,12,14,16,22H,2,7-11H2,1H3,(H,30,35)(H,31,32)/t14-,16-. The third-order valence-corrected chi connectivity index (χ3v) is 6.14. The second-order valence-corrected chi connectivity index (χ2v) is 8.68. The minimum absolute atomic E-state index is 0.136. The number of ether oxygens (including phenoxy) is 1. The number of aryl methyl sites for hydroxylation is 1. The molecule has 0 radical (unpaired) electrons.